The molecule has 3 rings (SSSR count). The lowest BCUT2D eigenvalue weighted by Crippen LogP contribution is -2.17. The number of anilines is 1. The van der Waals surface area contributed by atoms with Crippen LogP contribution in [0.2, 0.25) is 0 Å². The summed E-state index contributed by atoms with van der Waals surface area (Å²) in [5.41, 5.74) is 2.29. The summed E-state index contributed by atoms with van der Waals surface area (Å²) in [5.74, 6) is -0.416. The first-order valence-corrected chi connectivity index (χ1v) is 10.2. The number of aromatic nitrogens is 1. The second-order valence-electron chi connectivity index (χ2n) is 6.21. The van der Waals surface area contributed by atoms with Gasteiger partial charge < -0.3 is 9.88 Å². The summed E-state index contributed by atoms with van der Waals surface area (Å²) in [5, 5.41) is 17.4. The van der Waals surface area contributed by atoms with E-state index in [9.17, 15) is 18.5 Å². The molecule has 1 aromatic carbocycles. The first kappa shape index (κ1) is 19.5. The molecule has 0 saturated carbocycles. The van der Waals surface area contributed by atoms with Gasteiger partial charge in [-0.15, -0.1) is 0 Å². The van der Waals surface area contributed by atoms with E-state index in [0.717, 1.165) is 12.1 Å². The Morgan fingerprint density at radius 2 is 2.07 bits per heavy atom. The molecule has 2 heterocycles. The molecule has 0 saturated heterocycles. The van der Waals surface area contributed by atoms with E-state index in [2.05, 4.69) is 16.4 Å². The molecule has 8 nitrogen and oxygen atoms in total. The molecule has 9 heteroatoms. The number of carbonyl (C=O) groups is 1. The summed E-state index contributed by atoms with van der Waals surface area (Å²) in [4.78, 5) is 17.2. The molecule has 0 aliphatic carbocycles. The van der Waals surface area contributed by atoms with E-state index in [-0.39, 0.29) is 4.90 Å². The molecule has 2 aromatic rings. The summed E-state index contributed by atoms with van der Waals surface area (Å²) >= 11 is 0. The van der Waals surface area contributed by atoms with Gasteiger partial charge >= 0.3 is 0 Å². The van der Waals surface area contributed by atoms with Crippen molar-refractivity contribution in [1.82, 2.24) is 4.57 Å². The molecular weight excluding hydrogens is 378 g/mol. The van der Waals surface area contributed by atoms with E-state index >= 15 is 0 Å². The lowest BCUT2D eigenvalue weighted by atomic mass is 10.1. The first-order valence-electron chi connectivity index (χ1n) is 8.62. The van der Waals surface area contributed by atoms with Gasteiger partial charge in [0.05, 0.1) is 10.5 Å². The molecule has 0 atom stereocenters. The highest BCUT2D eigenvalue weighted by atomic mass is 32.2. The number of amides is 1. The average molecular weight is 397 g/mol. The number of fused-ring (bicyclic) bond motifs is 1. The van der Waals surface area contributed by atoms with Gasteiger partial charge in [-0.1, -0.05) is 6.08 Å². The van der Waals surface area contributed by atoms with Crippen LogP contribution >= 0.6 is 0 Å². The second kappa shape index (κ2) is 7.80. The number of hydrogen-bond donors (Lipinski definition) is 2. The Labute approximate surface area is 163 Å². The summed E-state index contributed by atoms with van der Waals surface area (Å²) in [6.07, 6.45) is 6.63. The lowest BCUT2D eigenvalue weighted by molar-refractivity contribution is 0.101. The highest BCUT2D eigenvalue weighted by molar-refractivity contribution is 7.89. The van der Waals surface area contributed by atoms with Gasteiger partial charge in [0.25, 0.3) is 5.91 Å². The zero-order valence-electron chi connectivity index (χ0n) is 15.2. The van der Waals surface area contributed by atoms with Gasteiger partial charge in [-0.05, 0) is 50.1 Å². The monoisotopic (exact) mass is 397 g/mol. The van der Waals surface area contributed by atoms with Crippen LogP contribution in [0.1, 0.15) is 35.1 Å². The molecule has 1 aliphatic rings. The van der Waals surface area contributed by atoms with Crippen LogP contribution < -0.4 is 10.5 Å². The van der Waals surface area contributed by atoms with Crippen LogP contribution in [0.4, 0.5) is 11.4 Å². The molecule has 1 amide bonds. The van der Waals surface area contributed by atoms with Crippen LogP contribution in [-0.4, -0.2) is 25.1 Å². The van der Waals surface area contributed by atoms with Gasteiger partial charge in [0.2, 0.25) is 10.0 Å². The first-order chi connectivity index (χ1) is 13.4. The van der Waals surface area contributed by atoms with E-state index in [1.807, 2.05) is 11.5 Å². The number of rotatable bonds is 5. The highest BCUT2D eigenvalue weighted by Gasteiger charge is 2.29. The molecule has 0 bridgehead atoms. The molecule has 0 spiro atoms. The van der Waals surface area contributed by atoms with Gasteiger partial charge in [0.15, 0.2) is 0 Å². The smallest absolute Gasteiger partial charge is 0.274 e. The molecule has 0 fully saturated rings. The van der Waals surface area contributed by atoms with Crippen molar-refractivity contribution in [2.45, 2.75) is 31.2 Å². The van der Waals surface area contributed by atoms with Gasteiger partial charge in [-0.3, -0.25) is 9.79 Å². The average Bonchev–Trinajstić information content (AvgIpc) is 3.21. The Balaban J connectivity index is 1.98. The summed E-state index contributed by atoms with van der Waals surface area (Å²) in [6.45, 7) is 2.48. The summed E-state index contributed by atoms with van der Waals surface area (Å²) < 4.78 is 24.5. The number of aliphatic imine (C=N–C) groups is 1. The predicted molar refractivity (Wildman–Crippen MR) is 106 cm³/mol. The fraction of sp³-hybridized carbons (Fsp3) is 0.211. The van der Waals surface area contributed by atoms with Crippen molar-refractivity contribution in [2.75, 3.05) is 5.32 Å². The van der Waals surface area contributed by atoms with Crippen LogP contribution in [0, 0.1) is 11.3 Å². The normalized spacial score (nSPS) is 13.8. The van der Waals surface area contributed by atoms with Crippen LogP contribution in [0.25, 0.3) is 0 Å². The molecule has 3 N–H and O–H groups in total. The number of nitriles is 1. The Morgan fingerprint density at radius 1 is 1.36 bits per heavy atom. The molecule has 28 heavy (non-hydrogen) atoms. The van der Waals surface area contributed by atoms with Crippen LogP contribution in [0.5, 0.6) is 0 Å². The van der Waals surface area contributed by atoms with Crippen molar-refractivity contribution in [3.63, 3.8) is 0 Å². The number of sulfonamides is 1. The fourth-order valence-electron chi connectivity index (χ4n) is 3.16. The number of nitrogens with two attached hydrogens (primary N) is 1. The third-order valence-electron chi connectivity index (χ3n) is 4.39. The summed E-state index contributed by atoms with van der Waals surface area (Å²) in [6, 6.07) is 7.72. The van der Waals surface area contributed by atoms with Gasteiger partial charge in [0.1, 0.15) is 17.5 Å². The largest absolute Gasteiger partial charge is 0.337 e. The summed E-state index contributed by atoms with van der Waals surface area (Å²) in [7, 11) is -3.81. The number of carbonyl (C=O) groups excluding carboxylic acids is 1. The minimum absolute atomic E-state index is 0.0440. The number of nitrogens with one attached hydrogen (secondary N) is 1. The number of allylic oxidation sites excluding steroid dienone is 2. The molecule has 1 aromatic heterocycles. The molecule has 0 radical (unpaired) electrons. The Bertz CT molecular complexity index is 1120. The molecule has 144 valence electrons. The SMILES string of the molecule is CC=CC=Nc1c(C#N)c2n(c1C(=O)Nc1ccc(S(N)(=O)=O)cc1)CCC2. The quantitative estimate of drug-likeness (QED) is 0.750. The van der Waals surface area contributed by atoms with E-state index in [1.54, 1.807) is 18.4 Å². The zero-order valence-corrected chi connectivity index (χ0v) is 16.0. The molecule has 0 unspecified atom stereocenters. The Hall–Kier alpha value is -3.22. The fourth-order valence-corrected chi connectivity index (χ4v) is 3.67. The molecule has 1 aliphatic heterocycles. The van der Waals surface area contributed by atoms with Gasteiger partial charge in [-0.25, -0.2) is 13.6 Å². The van der Waals surface area contributed by atoms with Gasteiger partial charge in [-0.2, -0.15) is 5.26 Å². The lowest BCUT2D eigenvalue weighted by Gasteiger charge is -2.09. The van der Waals surface area contributed by atoms with E-state index in [1.165, 1.54) is 24.3 Å². The Morgan fingerprint density at radius 3 is 2.68 bits per heavy atom. The zero-order chi connectivity index (χ0) is 20.3. The number of benzene rings is 1. The Kier molecular flexibility index (Phi) is 5.44. The van der Waals surface area contributed by atoms with Crippen molar-refractivity contribution in [3.8, 4) is 6.07 Å². The maximum Gasteiger partial charge on any atom is 0.274 e. The highest BCUT2D eigenvalue weighted by Crippen LogP contribution is 2.35. The third kappa shape index (κ3) is 3.74. The topological polar surface area (TPSA) is 130 Å². The van der Waals surface area contributed by atoms with E-state index in [4.69, 9.17) is 5.14 Å². The maximum atomic E-state index is 13.0. The number of nitrogens with zero attached hydrogens (tertiary/aromatic N) is 3. The minimum atomic E-state index is -3.81. The van der Waals surface area contributed by atoms with Crippen LogP contribution in [0.15, 0.2) is 46.3 Å². The van der Waals surface area contributed by atoms with Gasteiger partial charge in [0, 0.05) is 24.1 Å². The minimum Gasteiger partial charge on any atom is -0.337 e. The van der Waals surface area contributed by atoms with Crippen molar-refractivity contribution in [1.29, 1.82) is 5.26 Å². The van der Waals surface area contributed by atoms with Crippen molar-refractivity contribution < 1.29 is 13.2 Å². The van der Waals surface area contributed by atoms with Crippen molar-refractivity contribution >= 4 is 33.5 Å². The van der Waals surface area contributed by atoms with E-state index < -0.39 is 15.9 Å². The number of primary sulfonamides is 1. The number of hydrogen-bond acceptors (Lipinski definition) is 5. The van der Waals surface area contributed by atoms with Crippen LogP contribution in [0.3, 0.4) is 0 Å². The standard InChI is InChI=1S/C19H19N5O3S/c1-2-3-10-22-17-15(12-20)16-5-4-11-24(16)18(17)19(25)23-13-6-8-14(9-7-13)28(21,26)27/h2-3,6-10H,4-5,11H2,1H3,(H,23,25)(H2,21,26,27). The molecular formula is C19H19N5O3S. The van der Waals surface area contributed by atoms with Crippen molar-refractivity contribution in [2.24, 2.45) is 10.1 Å². The third-order valence-corrected chi connectivity index (χ3v) is 5.32. The van der Waals surface area contributed by atoms with Crippen molar-refractivity contribution in [3.05, 3.63) is 53.4 Å². The second-order valence-corrected chi connectivity index (χ2v) is 7.77. The predicted octanol–water partition coefficient (Wildman–Crippen LogP) is 2.48. The maximum absolute atomic E-state index is 13.0. The van der Waals surface area contributed by atoms with E-state index in [0.29, 0.717) is 35.6 Å². The van der Waals surface area contributed by atoms with Crippen LogP contribution in [-0.2, 0) is 23.0 Å².